The molecular weight excluding hydrogens is 416 g/mol. The van der Waals surface area contributed by atoms with Crippen molar-refractivity contribution < 1.29 is 0 Å². The number of para-hydroxylation sites is 2. The maximum Gasteiger partial charge on any atom is 0.148 e. The third-order valence-electron chi connectivity index (χ3n) is 6.99. The quantitative estimate of drug-likeness (QED) is 0.268. The van der Waals surface area contributed by atoms with E-state index in [-0.39, 0.29) is 0 Å². The summed E-state index contributed by atoms with van der Waals surface area (Å²) in [5.41, 5.74) is 5.68. The molecule has 0 radical (unpaired) electrons. The van der Waals surface area contributed by atoms with Crippen LogP contribution in [0.3, 0.4) is 0 Å². The van der Waals surface area contributed by atoms with Gasteiger partial charge < -0.3 is 4.57 Å². The Morgan fingerprint density at radius 2 is 1.47 bits per heavy atom. The molecule has 4 heteroatoms. The zero-order chi connectivity index (χ0) is 22.2. The van der Waals surface area contributed by atoms with E-state index in [1.54, 1.807) is 6.33 Å². The van der Waals surface area contributed by atoms with E-state index in [1.807, 2.05) is 12.1 Å². The molecule has 8 aromatic rings. The van der Waals surface area contributed by atoms with Gasteiger partial charge in [0.1, 0.15) is 12.1 Å². The van der Waals surface area contributed by atoms with Crippen LogP contribution < -0.4 is 0 Å². The van der Waals surface area contributed by atoms with Crippen molar-refractivity contribution in [3.8, 4) is 11.5 Å². The van der Waals surface area contributed by atoms with Crippen molar-refractivity contribution in [2.75, 3.05) is 0 Å². The van der Waals surface area contributed by atoms with E-state index in [0.717, 1.165) is 22.4 Å². The third kappa shape index (κ3) is 2.22. The van der Waals surface area contributed by atoms with Crippen LogP contribution in [-0.2, 0) is 0 Å². The SMILES string of the molecule is c1ccc(-n2ccc3cc4c5c(ccc6cccc(c65)n4-c4ncnc5ccccc45)c32)cc1. The smallest absolute Gasteiger partial charge is 0.148 e. The molecule has 158 valence electrons. The number of nitrogens with zero attached hydrogens (tertiary/aromatic N) is 4. The number of rotatable bonds is 2. The Labute approximate surface area is 194 Å². The van der Waals surface area contributed by atoms with E-state index in [0.29, 0.717) is 0 Å². The molecule has 8 rings (SSSR count). The molecule has 3 aromatic heterocycles. The summed E-state index contributed by atoms with van der Waals surface area (Å²) < 4.78 is 4.61. The van der Waals surface area contributed by atoms with Crippen molar-refractivity contribution in [2.24, 2.45) is 0 Å². The van der Waals surface area contributed by atoms with Gasteiger partial charge in [-0.05, 0) is 47.9 Å². The maximum atomic E-state index is 4.79. The molecule has 0 bridgehead atoms. The van der Waals surface area contributed by atoms with Gasteiger partial charge in [-0.3, -0.25) is 4.57 Å². The molecule has 0 fully saturated rings. The van der Waals surface area contributed by atoms with Crippen molar-refractivity contribution >= 4 is 54.4 Å². The number of aromatic nitrogens is 4. The van der Waals surface area contributed by atoms with Gasteiger partial charge in [0.05, 0.1) is 22.1 Å². The minimum atomic E-state index is 0.914. The second kappa shape index (κ2) is 6.42. The highest BCUT2D eigenvalue weighted by Gasteiger charge is 2.21. The molecule has 0 unspecified atom stereocenters. The monoisotopic (exact) mass is 434 g/mol. The summed E-state index contributed by atoms with van der Waals surface area (Å²) in [5, 5.41) is 7.30. The van der Waals surface area contributed by atoms with Crippen LogP contribution in [-0.4, -0.2) is 19.1 Å². The van der Waals surface area contributed by atoms with E-state index in [2.05, 4.69) is 105 Å². The summed E-state index contributed by atoms with van der Waals surface area (Å²) in [5.74, 6) is 0.914. The van der Waals surface area contributed by atoms with E-state index >= 15 is 0 Å². The van der Waals surface area contributed by atoms with Gasteiger partial charge in [0.2, 0.25) is 0 Å². The molecule has 0 N–H and O–H groups in total. The third-order valence-corrected chi connectivity index (χ3v) is 6.99. The molecule has 3 heterocycles. The van der Waals surface area contributed by atoms with Gasteiger partial charge in [-0.2, -0.15) is 0 Å². The molecule has 0 aliphatic heterocycles. The Bertz CT molecular complexity index is 2010. The lowest BCUT2D eigenvalue weighted by Gasteiger charge is -2.11. The average molecular weight is 435 g/mol. The van der Waals surface area contributed by atoms with Crippen molar-refractivity contribution in [1.29, 1.82) is 0 Å². The van der Waals surface area contributed by atoms with Crippen LogP contribution >= 0.6 is 0 Å². The van der Waals surface area contributed by atoms with E-state index in [1.165, 1.54) is 43.5 Å². The minimum absolute atomic E-state index is 0.914. The molecule has 0 atom stereocenters. The lowest BCUT2D eigenvalue weighted by atomic mass is 10.0. The average Bonchev–Trinajstić information content (AvgIpc) is 3.47. The van der Waals surface area contributed by atoms with Crippen LogP contribution in [0.15, 0.2) is 110 Å². The first-order valence-electron chi connectivity index (χ1n) is 11.4. The first-order chi connectivity index (χ1) is 16.9. The first-order valence-corrected chi connectivity index (χ1v) is 11.4. The summed E-state index contributed by atoms with van der Waals surface area (Å²) >= 11 is 0. The molecule has 34 heavy (non-hydrogen) atoms. The maximum absolute atomic E-state index is 4.79. The number of hydrogen-bond acceptors (Lipinski definition) is 2. The van der Waals surface area contributed by atoms with Crippen molar-refractivity contribution in [1.82, 2.24) is 19.1 Å². The lowest BCUT2D eigenvalue weighted by molar-refractivity contribution is 1.07. The Balaban J connectivity index is 1.60. The largest absolute Gasteiger partial charge is 0.316 e. The van der Waals surface area contributed by atoms with Crippen LogP contribution in [0.2, 0.25) is 0 Å². The van der Waals surface area contributed by atoms with Gasteiger partial charge in [0, 0.05) is 38.8 Å². The van der Waals surface area contributed by atoms with Gasteiger partial charge in [-0.25, -0.2) is 9.97 Å². The fourth-order valence-corrected chi connectivity index (χ4v) is 5.59. The molecule has 0 aliphatic carbocycles. The van der Waals surface area contributed by atoms with E-state index < -0.39 is 0 Å². The summed E-state index contributed by atoms with van der Waals surface area (Å²) in [7, 11) is 0. The van der Waals surface area contributed by atoms with Crippen LogP contribution in [0.25, 0.3) is 65.9 Å². The highest BCUT2D eigenvalue weighted by atomic mass is 15.1. The molecule has 0 amide bonds. The summed E-state index contributed by atoms with van der Waals surface area (Å²) in [4.78, 5) is 9.29. The number of fused-ring (bicyclic) bond motifs is 3. The second-order valence-corrected chi connectivity index (χ2v) is 8.77. The number of benzene rings is 5. The zero-order valence-corrected chi connectivity index (χ0v) is 18.2. The van der Waals surface area contributed by atoms with Crippen LogP contribution in [0.5, 0.6) is 0 Å². The molecular formula is C30H18N4. The first kappa shape index (κ1) is 17.8. The molecule has 0 aliphatic rings. The van der Waals surface area contributed by atoms with E-state index in [9.17, 15) is 0 Å². The fraction of sp³-hybridized carbons (Fsp3) is 0. The Morgan fingerprint density at radius 1 is 0.588 bits per heavy atom. The Kier molecular flexibility index (Phi) is 3.36. The standard InChI is InChI=1S/C30H18N4/c1-2-8-21(9-3-1)33-16-15-20-17-26-28-23(29(20)33)14-13-19-7-6-12-25(27(19)28)34(26)30-22-10-4-5-11-24(22)31-18-32-30/h1-18H. The van der Waals surface area contributed by atoms with Gasteiger partial charge in [0.15, 0.2) is 0 Å². The zero-order valence-electron chi connectivity index (χ0n) is 18.2. The van der Waals surface area contributed by atoms with Gasteiger partial charge in [0.25, 0.3) is 0 Å². The van der Waals surface area contributed by atoms with Gasteiger partial charge in [-0.1, -0.05) is 54.6 Å². The predicted octanol–water partition coefficient (Wildman–Crippen LogP) is 7.26. The topological polar surface area (TPSA) is 35.6 Å². The highest BCUT2D eigenvalue weighted by molar-refractivity contribution is 6.29. The van der Waals surface area contributed by atoms with E-state index in [4.69, 9.17) is 4.98 Å². The van der Waals surface area contributed by atoms with Gasteiger partial charge in [-0.15, -0.1) is 0 Å². The predicted molar refractivity (Wildman–Crippen MR) is 139 cm³/mol. The van der Waals surface area contributed by atoms with Crippen molar-refractivity contribution in [2.45, 2.75) is 0 Å². The van der Waals surface area contributed by atoms with Crippen molar-refractivity contribution in [3.63, 3.8) is 0 Å². The minimum Gasteiger partial charge on any atom is -0.316 e. The summed E-state index contributed by atoms with van der Waals surface area (Å²) in [6, 6.07) is 34.4. The fourth-order valence-electron chi connectivity index (χ4n) is 5.59. The van der Waals surface area contributed by atoms with Crippen LogP contribution in [0, 0.1) is 0 Å². The molecule has 0 saturated carbocycles. The van der Waals surface area contributed by atoms with Crippen molar-refractivity contribution in [3.05, 3.63) is 110 Å². The molecule has 4 nitrogen and oxygen atoms in total. The van der Waals surface area contributed by atoms with Crippen LogP contribution in [0.4, 0.5) is 0 Å². The molecule has 0 spiro atoms. The Hall–Kier alpha value is -4.70. The summed E-state index contributed by atoms with van der Waals surface area (Å²) in [6.45, 7) is 0. The Morgan fingerprint density at radius 3 is 2.41 bits per heavy atom. The normalized spacial score (nSPS) is 12.1. The number of hydrogen-bond donors (Lipinski definition) is 0. The van der Waals surface area contributed by atoms with Crippen LogP contribution in [0.1, 0.15) is 0 Å². The molecule has 5 aromatic carbocycles. The second-order valence-electron chi connectivity index (χ2n) is 8.77. The highest BCUT2D eigenvalue weighted by Crippen LogP contribution is 2.43. The lowest BCUT2D eigenvalue weighted by Crippen LogP contribution is -1.99. The summed E-state index contributed by atoms with van der Waals surface area (Å²) in [6.07, 6.45) is 3.84. The van der Waals surface area contributed by atoms with Gasteiger partial charge >= 0.3 is 0 Å². The molecule has 0 saturated heterocycles.